The highest BCUT2D eigenvalue weighted by atomic mass is 19.1. The van der Waals surface area contributed by atoms with Crippen molar-refractivity contribution < 1.29 is 18.0 Å². The van der Waals surface area contributed by atoms with Crippen molar-refractivity contribution in [1.29, 1.82) is 0 Å². The van der Waals surface area contributed by atoms with Crippen molar-refractivity contribution in [2.45, 2.75) is 7.43 Å². The van der Waals surface area contributed by atoms with Crippen LogP contribution in [0.25, 0.3) is 27.8 Å². The zero-order valence-electron chi connectivity index (χ0n) is 14.0. The predicted octanol–water partition coefficient (Wildman–Crippen LogP) is 3.53. The Hall–Kier alpha value is -3.88. The van der Waals surface area contributed by atoms with Crippen LogP contribution < -0.4 is 11.3 Å². The molecule has 4 rings (SSSR count). The Bertz CT molecular complexity index is 1290. The van der Waals surface area contributed by atoms with Gasteiger partial charge in [0.2, 0.25) is 5.91 Å². The molecule has 0 saturated heterocycles. The van der Waals surface area contributed by atoms with E-state index >= 15 is 0 Å². The molecule has 6 nitrogen and oxygen atoms in total. The highest BCUT2D eigenvalue weighted by Gasteiger charge is 2.23. The number of nitrogens with two attached hydrogens (primary N) is 1. The van der Waals surface area contributed by atoms with E-state index in [0.717, 1.165) is 28.9 Å². The van der Waals surface area contributed by atoms with Gasteiger partial charge in [0.05, 0.1) is 10.9 Å². The van der Waals surface area contributed by atoms with Gasteiger partial charge in [-0.15, -0.1) is 0 Å². The Morgan fingerprint density at radius 2 is 1.72 bits per heavy atom. The number of amides is 1. The number of hydrogen-bond acceptors (Lipinski definition) is 3. The minimum atomic E-state index is -0.914. The number of hydrogen-bond donors (Lipinski definition) is 2. The molecule has 0 spiro atoms. The van der Waals surface area contributed by atoms with Gasteiger partial charge in [0, 0.05) is 17.3 Å². The zero-order chi connectivity index (χ0) is 20.0. The Morgan fingerprint density at radius 3 is 2.38 bits per heavy atom. The summed E-state index contributed by atoms with van der Waals surface area (Å²) in [5.41, 5.74) is 3.75. The smallest absolute Gasteiger partial charge is 0.259 e. The van der Waals surface area contributed by atoms with Crippen LogP contribution in [0.5, 0.6) is 0 Å². The predicted molar refractivity (Wildman–Crippen MR) is 102 cm³/mol. The van der Waals surface area contributed by atoms with Crippen molar-refractivity contribution in [3.8, 4) is 16.9 Å². The van der Waals surface area contributed by atoms with E-state index in [1.54, 1.807) is 0 Å². The number of fused-ring (bicyclic) bond motifs is 1. The van der Waals surface area contributed by atoms with Gasteiger partial charge in [0.1, 0.15) is 17.2 Å². The van der Waals surface area contributed by atoms with Crippen LogP contribution in [0.1, 0.15) is 17.8 Å². The SMILES string of the molecule is C.NC(=O)c1ccc(F)c(-c2nn(-c3c(F)cccc3F)c3cc[nH]c(=O)c23)c1. The zero-order valence-corrected chi connectivity index (χ0v) is 14.0. The Labute approximate surface area is 162 Å². The van der Waals surface area contributed by atoms with Gasteiger partial charge >= 0.3 is 0 Å². The molecule has 0 saturated carbocycles. The van der Waals surface area contributed by atoms with Crippen LogP contribution in [-0.4, -0.2) is 20.7 Å². The Balaban J connectivity index is 0.00000240. The van der Waals surface area contributed by atoms with Crippen LogP contribution in [0.2, 0.25) is 0 Å². The van der Waals surface area contributed by atoms with Crippen LogP contribution in [0.4, 0.5) is 13.2 Å². The third-order valence-corrected chi connectivity index (χ3v) is 4.26. The number of carbonyl (C=O) groups excluding carboxylic acids is 1. The molecule has 3 N–H and O–H groups in total. The molecule has 0 radical (unpaired) electrons. The summed E-state index contributed by atoms with van der Waals surface area (Å²) in [5.74, 6) is -3.42. The molecule has 0 unspecified atom stereocenters. The first-order valence-electron chi connectivity index (χ1n) is 8.03. The van der Waals surface area contributed by atoms with Gasteiger partial charge in [-0.05, 0) is 36.4 Å². The average Bonchev–Trinajstić information content (AvgIpc) is 3.02. The van der Waals surface area contributed by atoms with Crippen LogP contribution in [0.15, 0.2) is 53.5 Å². The Kier molecular flexibility index (Phi) is 4.98. The van der Waals surface area contributed by atoms with Crippen LogP contribution in [-0.2, 0) is 0 Å². The summed E-state index contributed by atoms with van der Waals surface area (Å²) in [5, 5.41) is 4.01. The van der Waals surface area contributed by atoms with Crippen molar-refractivity contribution >= 4 is 16.8 Å². The molecule has 0 aliphatic heterocycles. The van der Waals surface area contributed by atoms with E-state index in [0.29, 0.717) is 0 Å². The summed E-state index contributed by atoms with van der Waals surface area (Å²) in [6.07, 6.45) is 1.28. The fraction of sp³-hybridized carbons (Fsp3) is 0.0500. The van der Waals surface area contributed by atoms with E-state index in [1.165, 1.54) is 24.4 Å². The molecular weight excluding hydrogens is 385 g/mol. The molecule has 4 aromatic rings. The number of aromatic amines is 1. The van der Waals surface area contributed by atoms with Gasteiger partial charge in [-0.1, -0.05) is 13.5 Å². The third kappa shape index (κ3) is 3.16. The Morgan fingerprint density at radius 1 is 1.03 bits per heavy atom. The van der Waals surface area contributed by atoms with Gasteiger partial charge < -0.3 is 10.7 Å². The molecule has 2 aromatic heterocycles. The molecule has 0 aliphatic rings. The maximum absolute atomic E-state index is 14.5. The summed E-state index contributed by atoms with van der Waals surface area (Å²) in [7, 11) is 0. The molecule has 0 atom stereocenters. The van der Waals surface area contributed by atoms with E-state index in [-0.39, 0.29) is 35.2 Å². The fourth-order valence-electron chi connectivity index (χ4n) is 2.99. The van der Waals surface area contributed by atoms with Gasteiger partial charge in [-0.2, -0.15) is 5.10 Å². The van der Waals surface area contributed by atoms with E-state index < -0.39 is 34.6 Å². The molecule has 29 heavy (non-hydrogen) atoms. The largest absolute Gasteiger partial charge is 0.366 e. The lowest BCUT2D eigenvalue weighted by Crippen LogP contribution is -2.11. The molecule has 148 valence electrons. The van der Waals surface area contributed by atoms with Crippen LogP contribution >= 0.6 is 0 Å². The number of nitrogens with one attached hydrogen (secondary N) is 1. The van der Waals surface area contributed by atoms with E-state index in [1.807, 2.05) is 0 Å². The van der Waals surface area contributed by atoms with E-state index in [4.69, 9.17) is 5.73 Å². The second kappa shape index (κ2) is 7.27. The van der Waals surface area contributed by atoms with Gasteiger partial charge in [-0.25, -0.2) is 17.9 Å². The first-order valence-corrected chi connectivity index (χ1v) is 8.03. The lowest BCUT2D eigenvalue weighted by atomic mass is 10.0. The number of H-pyrrole nitrogens is 1. The molecule has 0 fully saturated rings. The van der Waals surface area contributed by atoms with Crippen molar-refractivity contribution in [3.63, 3.8) is 0 Å². The van der Waals surface area contributed by atoms with Gasteiger partial charge in [-0.3, -0.25) is 9.59 Å². The summed E-state index contributed by atoms with van der Waals surface area (Å²) < 4.78 is 44.0. The van der Waals surface area contributed by atoms with Crippen molar-refractivity contribution in [1.82, 2.24) is 14.8 Å². The number of para-hydroxylation sites is 1. The molecule has 9 heteroatoms. The topological polar surface area (TPSA) is 93.8 Å². The first-order chi connectivity index (χ1) is 13.4. The average molecular weight is 400 g/mol. The number of aromatic nitrogens is 3. The summed E-state index contributed by atoms with van der Waals surface area (Å²) in [6.45, 7) is 0. The summed E-state index contributed by atoms with van der Waals surface area (Å²) in [6, 6.07) is 7.95. The van der Waals surface area contributed by atoms with Crippen molar-refractivity contribution in [2.24, 2.45) is 5.73 Å². The highest BCUT2D eigenvalue weighted by molar-refractivity contribution is 5.97. The molecule has 2 aromatic carbocycles. The number of primary amides is 1. The standard InChI is InChI=1S/C19H11F3N4O2.CH4/c20-11-5-4-9(18(23)27)8-10(11)16-15-14(6-7-24-19(15)28)26(25-16)17-12(21)2-1-3-13(17)22;/h1-8H,(H2,23,27)(H,24,28);1H4. The second-order valence-corrected chi connectivity index (χ2v) is 5.96. The minimum absolute atomic E-state index is 0. The van der Waals surface area contributed by atoms with Crippen molar-refractivity contribution in [3.05, 3.63) is 82.0 Å². The first kappa shape index (κ1) is 19.9. The number of halogens is 3. The minimum Gasteiger partial charge on any atom is -0.366 e. The van der Waals surface area contributed by atoms with E-state index in [2.05, 4.69) is 10.1 Å². The molecule has 1 amide bonds. The molecule has 2 heterocycles. The maximum atomic E-state index is 14.5. The van der Waals surface area contributed by atoms with Crippen molar-refractivity contribution in [2.75, 3.05) is 0 Å². The number of carbonyl (C=O) groups is 1. The number of rotatable bonds is 3. The normalized spacial score (nSPS) is 10.7. The van der Waals surface area contributed by atoms with Crippen LogP contribution in [0, 0.1) is 17.5 Å². The third-order valence-electron chi connectivity index (χ3n) is 4.26. The van der Waals surface area contributed by atoms with Gasteiger partial charge in [0.25, 0.3) is 5.56 Å². The fourth-order valence-corrected chi connectivity index (χ4v) is 2.99. The summed E-state index contributed by atoms with van der Waals surface area (Å²) >= 11 is 0. The number of benzene rings is 2. The second-order valence-electron chi connectivity index (χ2n) is 5.96. The lowest BCUT2D eigenvalue weighted by Gasteiger charge is -2.06. The van der Waals surface area contributed by atoms with Crippen LogP contribution in [0.3, 0.4) is 0 Å². The summed E-state index contributed by atoms with van der Waals surface area (Å²) in [4.78, 5) is 26.3. The molecule has 0 bridgehead atoms. The molecule has 0 aliphatic carbocycles. The molecular formula is C20H15F3N4O2. The van der Waals surface area contributed by atoms with Gasteiger partial charge in [0.15, 0.2) is 11.6 Å². The quantitative estimate of drug-likeness (QED) is 0.551. The number of pyridine rings is 1. The monoisotopic (exact) mass is 400 g/mol. The highest BCUT2D eigenvalue weighted by Crippen LogP contribution is 2.31. The lowest BCUT2D eigenvalue weighted by molar-refractivity contribution is 0.100. The number of nitrogens with zero attached hydrogens (tertiary/aromatic N) is 2. The maximum Gasteiger partial charge on any atom is 0.259 e. The van der Waals surface area contributed by atoms with E-state index in [9.17, 15) is 22.8 Å².